The molecule has 1 amide bonds. The maximum atomic E-state index is 13.5. The predicted octanol–water partition coefficient (Wildman–Crippen LogP) is 2.28. The lowest BCUT2D eigenvalue weighted by atomic mass is 10.2. The lowest BCUT2D eigenvalue weighted by Gasteiger charge is -2.17. The number of nitrogens with zero attached hydrogens (tertiary/aromatic N) is 1. The SMILES string of the molecule is O=C1CC(CBr)CN1c1cc(O)ccc1F. The average molecular weight is 288 g/mol. The van der Waals surface area contributed by atoms with Gasteiger partial charge in [-0.05, 0) is 18.1 Å². The largest absolute Gasteiger partial charge is 0.508 e. The first-order valence-electron chi connectivity index (χ1n) is 4.96. The van der Waals surface area contributed by atoms with E-state index in [-0.39, 0.29) is 23.3 Å². The Kier molecular flexibility index (Phi) is 3.14. The molecule has 0 aliphatic carbocycles. The number of aromatic hydroxyl groups is 1. The monoisotopic (exact) mass is 287 g/mol. The number of anilines is 1. The molecule has 0 aromatic heterocycles. The van der Waals surface area contributed by atoms with Gasteiger partial charge >= 0.3 is 0 Å². The molecule has 1 heterocycles. The van der Waals surface area contributed by atoms with Crippen LogP contribution >= 0.6 is 15.9 Å². The van der Waals surface area contributed by atoms with Crippen molar-refractivity contribution >= 4 is 27.5 Å². The van der Waals surface area contributed by atoms with Gasteiger partial charge in [0.1, 0.15) is 11.6 Å². The van der Waals surface area contributed by atoms with Gasteiger partial charge in [-0.1, -0.05) is 15.9 Å². The molecule has 1 aliphatic rings. The Balaban J connectivity index is 2.30. The van der Waals surface area contributed by atoms with Crippen LogP contribution in [0.2, 0.25) is 0 Å². The van der Waals surface area contributed by atoms with Crippen LogP contribution < -0.4 is 4.90 Å². The summed E-state index contributed by atoms with van der Waals surface area (Å²) in [6.45, 7) is 0.491. The van der Waals surface area contributed by atoms with Crippen LogP contribution in [0.5, 0.6) is 5.75 Å². The van der Waals surface area contributed by atoms with Crippen molar-refractivity contribution in [2.75, 3.05) is 16.8 Å². The standard InChI is InChI=1S/C11H11BrFNO2/c12-5-7-3-11(16)14(6-7)10-4-8(15)1-2-9(10)13/h1-2,4,7,15H,3,5-6H2. The van der Waals surface area contributed by atoms with Crippen LogP contribution in [0, 0.1) is 11.7 Å². The number of halogens is 2. The Morgan fingerprint density at radius 1 is 1.56 bits per heavy atom. The summed E-state index contributed by atoms with van der Waals surface area (Å²) in [7, 11) is 0. The van der Waals surface area contributed by atoms with Crippen LogP contribution in [-0.4, -0.2) is 22.9 Å². The Labute approximate surface area is 101 Å². The van der Waals surface area contributed by atoms with E-state index in [0.717, 1.165) is 5.33 Å². The van der Waals surface area contributed by atoms with E-state index in [0.29, 0.717) is 13.0 Å². The van der Waals surface area contributed by atoms with Crippen molar-refractivity contribution in [2.45, 2.75) is 6.42 Å². The molecule has 86 valence electrons. The highest BCUT2D eigenvalue weighted by atomic mass is 79.9. The van der Waals surface area contributed by atoms with Crippen molar-refractivity contribution in [3.8, 4) is 5.75 Å². The number of alkyl halides is 1. The molecule has 1 atom stereocenters. The fourth-order valence-corrected chi connectivity index (χ4v) is 2.26. The van der Waals surface area contributed by atoms with Gasteiger partial charge in [-0.3, -0.25) is 4.79 Å². The summed E-state index contributed by atoms with van der Waals surface area (Å²) in [6, 6.07) is 3.71. The van der Waals surface area contributed by atoms with Crippen LogP contribution in [0.25, 0.3) is 0 Å². The summed E-state index contributed by atoms with van der Waals surface area (Å²) >= 11 is 3.31. The second-order valence-electron chi connectivity index (χ2n) is 3.86. The molecule has 5 heteroatoms. The second-order valence-corrected chi connectivity index (χ2v) is 4.51. The molecule has 1 fully saturated rings. The average Bonchev–Trinajstić information content (AvgIpc) is 2.63. The maximum Gasteiger partial charge on any atom is 0.227 e. The fraction of sp³-hybridized carbons (Fsp3) is 0.364. The predicted molar refractivity (Wildman–Crippen MR) is 62.3 cm³/mol. The zero-order valence-electron chi connectivity index (χ0n) is 8.49. The van der Waals surface area contributed by atoms with E-state index in [4.69, 9.17) is 0 Å². The molecule has 0 spiro atoms. The van der Waals surface area contributed by atoms with Crippen LogP contribution in [0.15, 0.2) is 18.2 Å². The Morgan fingerprint density at radius 3 is 2.94 bits per heavy atom. The van der Waals surface area contributed by atoms with E-state index in [9.17, 15) is 14.3 Å². The first-order valence-corrected chi connectivity index (χ1v) is 6.09. The van der Waals surface area contributed by atoms with Gasteiger partial charge in [0, 0.05) is 24.4 Å². The zero-order valence-corrected chi connectivity index (χ0v) is 10.1. The molecule has 16 heavy (non-hydrogen) atoms. The lowest BCUT2D eigenvalue weighted by molar-refractivity contribution is -0.117. The Morgan fingerprint density at radius 2 is 2.31 bits per heavy atom. The Hall–Kier alpha value is -1.10. The van der Waals surface area contributed by atoms with Crippen molar-refractivity contribution < 1.29 is 14.3 Å². The number of benzene rings is 1. The lowest BCUT2D eigenvalue weighted by Crippen LogP contribution is -2.25. The topological polar surface area (TPSA) is 40.5 Å². The van der Waals surface area contributed by atoms with Gasteiger partial charge in [0.25, 0.3) is 0 Å². The van der Waals surface area contributed by atoms with E-state index in [1.54, 1.807) is 0 Å². The molecule has 1 aliphatic heterocycles. The van der Waals surface area contributed by atoms with Crippen molar-refractivity contribution in [3.63, 3.8) is 0 Å². The minimum atomic E-state index is -0.485. The summed E-state index contributed by atoms with van der Waals surface area (Å²) < 4.78 is 13.5. The smallest absolute Gasteiger partial charge is 0.227 e. The molecule has 0 saturated carbocycles. The van der Waals surface area contributed by atoms with Gasteiger partial charge < -0.3 is 10.0 Å². The number of carbonyl (C=O) groups excluding carboxylic acids is 1. The normalized spacial score (nSPS) is 20.5. The molecule has 1 unspecified atom stereocenters. The van der Waals surface area contributed by atoms with Crippen LogP contribution in [-0.2, 0) is 4.79 Å². The van der Waals surface area contributed by atoms with Gasteiger partial charge in [0.2, 0.25) is 5.91 Å². The van der Waals surface area contributed by atoms with Gasteiger partial charge in [0.05, 0.1) is 5.69 Å². The summed E-state index contributed by atoms with van der Waals surface area (Å²) in [6.07, 6.45) is 0.417. The maximum absolute atomic E-state index is 13.5. The molecule has 1 N–H and O–H groups in total. The zero-order chi connectivity index (χ0) is 11.7. The summed E-state index contributed by atoms with van der Waals surface area (Å²) in [5.74, 6) is -0.420. The quantitative estimate of drug-likeness (QED) is 0.848. The third-order valence-electron chi connectivity index (χ3n) is 2.64. The van der Waals surface area contributed by atoms with Gasteiger partial charge in [0.15, 0.2) is 0 Å². The number of amides is 1. The highest BCUT2D eigenvalue weighted by Gasteiger charge is 2.31. The number of phenolic OH excluding ortho intramolecular Hbond substituents is 1. The van der Waals surface area contributed by atoms with Crippen LogP contribution in [0.3, 0.4) is 0 Å². The van der Waals surface area contributed by atoms with Crippen LogP contribution in [0.1, 0.15) is 6.42 Å². The molecule has 1 aromatic rings. The van der Waals surface area contributed by atoms with Crippen molar-refractivity contribution in [1.29, 1.82) is 0 Å². The van der Waals surface area contributed by atoms with Gasteiger partial charge in [-0.2, -0.15) is 0 Å². The van der Waals surface area contributed by atoms with Crippen molar-refractivity contribution in [1.82, 2.24) is 0 Å². The first kappa shape index (κ1) is 11.4. The van der Waals surface area contributed by atoms with Crippen LogP contribution in [0.4, 0.5) is 10.1 Å². The summed E-state index contributed by atoms with van der Waals surface area (Å²) in [4.78, 5) is 13.1. The first-order chi connectivity index (χ1) is 7.61. The van der Waals surface area contributed by atoms with E-state index in [2.05, 4.69) is 15.9 Å². The molecule has 0 radical (unpaired) electrons. The third kappa shape index (κ3) is 2.04. The Bertz CT molecular complexity index is 424. The minimum Gasteiger partial charge on any atom is -0.508 e. The number of rotatable bonds is 2. The molecule has 2 rings (SSSR count). The number of hydrogen-bond donors (Lipinski definition) is 1. The van der Waals surface area contributed by atoms with E-state index >= 15 is 0 Å². The fourth-order valence-electron chi connectivity index (χ4n) is 1.83. The van der Waals surface area contributed by atoms with Gasteiger partial charge in [-0.15, -0.1) is 0 Å². The second kappa shape index (κ2) is 4.41. The number of carbonyl (C=O) groups is 1. The number of phenols is 1. The minimum absolute atomic E-state index is 0.0357. The summed E-state index contributed by atoms with van der Waals surface area (Å²) in [5.41, 5.74) is 0.161. The molecular weight excluding hydrogens is 277 g/mol. The van der Waals surface area contributed by atoms with E-state index in [1.807, 2.05) is 0 Å². The number of hydrogen-bond acceptors (Lipinski definition) is 2. The van der Waals surface area contributed by atoms with Crippen molar-refractivity contribution in [3.05, 3.63) is 24.0 Å². The molecule has 0 bridgehead atoms. The molecule has 1 saturated heterocycles. The van der Waals surface area contributed by atoms with Gasteiger partial charge in [-0.25, -0.2) is 4.39 Å². The van der Waals surface area contributed by atoms with E-state index in [1.165, 1.54) is 23.1 Å². The molecular formula is C11H11BrFNO2. The van der Waals surface area contributed by atoms with E-state index < -0.39 is 5.82 Å². The van der Waals surface area contributed by atoms with Crippen molar-refractivity contribution in [2.24, 2.45) is 5.92 Å². The molecule has 3 nitrogen and oxygen atoms in total. The molecule has 1 aromatic carbocycles. The highest BCUT2D eigenvalue weighted by molar-refractivity contribution is 9.09. The summed E-state index contributed by atoms with van der Waals surface area (Å²) in [5, 5.41) is 10.0. The third-order valence-corrected chi connectivity index (χ3v) is 3.56. The highest BCUT2D eigenvalue weighted by Crippen LogP contribution is 2.30.